The Morgan fingerprint density at radius 3 is 2.79 bits per heavy atom. The van der Waals surface area contributed by atoms with E-state index < -0.39 is 5.97 Å². The number of aromatic carboxylic acids is 1. The van der Waals surface area contributed by atoms with Crippen molar-refractivity contribution in [3.8, 4) is 0 Å². The molecule has 2 heterocycles. The number of aromatic nitrogens is 1. The van der Waals surface area contributed by atoms with E-state index in [1.54, 1.807) is 18.3 Å². The first-order valence-corrected chi connectivity index (χ1v) is 4.18. The van der Waals surface area contributed by atoms with E-state index >= 15 is 0 Å². The number of nitrogens with one attached hydrogen (secondary N) is 1. The standard InChI is InChI=1S/C9H10N2O2.Er/c12-9(13)7-2-1-3-11-8(7)6-4-10-5-6;/h1-3,6,10H,4-5H2,(H,12,13);. The second kappa shape index (κ2) is 5.06. The summed E-state index contributed by atoms with van der Waals surface area (Å²) in [5.74, 6) is -0.623. The molecule has 0 amide bonds. The minimum absolute atomic E-state index is 0. The molecule has 2 rings (SSSR count). The Kier molecular flexibility index (Phi) is 4.30. The molecule has 1 aromatic heterocycles. The van der Waals surface area contributed by atoms with Crippen molar-refractivity contribution in [2.45, 2.75) is 5.92 Å². The van der Waals surface area contributed by atoms with Gasteiger partial charge in [-0.05, 0) is 12.1 Å². The SMILES string of the molecule is O=C(O)c1cccnc1C1CNC1.[Er]. The largest absolute Gasteiger partial charge is 0.478 e. The molecule has 0 radical (unpaired) electrons. The predicted octanol–water partition coefficient (Wildman–Crippen LogP) is 0.467. The van der Waals surface area contributed by atoms with Crippen molar-refractivity contribution in [1.82, 2.24) is 10.3 Å². The summed E-state index contributed by atoms with van der Waals surface area (Å²) in [6.45, 7) is 1.66. The third-order valence-electron chi connectivity index (χ3n) is 2.24. The summed E-state index contributed by atoms with van der Waals surface area (Å²) in [6.07, 6.45) is 1.64. The second-order valence-corrected chi connectivity index (χ2v) is 3.10. The van der Waals surface area contributed by atoms with Gasteiger partial charge in [0.05, 0.1) is 11.3 Å². The van der Waals surface area contributed by atoms with Crippen molar-refractivity contribution in [2.75, 3.05) is 13.1 Å². The van der Waals surface area contributed by atoms with Crippen LogP contribution in [0.15, 0.2) is 18.3 Å². The topological polar surface area (TPSA) is 62.2 Å². The average Bonchev–Trinajstić information content (AvgIpc) is 2.02. The van der Waals surface area contributed by atoms with Crippen LogP contribution in [0.25, 0.3) is 0 Å². The molecule has 1 aliphatic heterocycles. The Bertz CT molecular complexity index is 339. The number of carbonyl (C=O) groups is 1. The van der Waals surface area contributed by atoms with E-state index in [-0.39, 0.29) is 43.2 Å². The van der Waals surface area contributed by atoms with E-state index in [1.165, 1.54) is 0 Å². The molecule has 4 nitrogen and oxygen atoms in total. The molecule has 0 aliphatic carbocycles. The van der Waals surface area contributed by atoms with E-state index in [1.807, 2.05) is 0 Å². The maximum absolute atomic E-state index is 10.8. The minimum atomic E-state index is -0.894. The van der Waals surface area contributed by atoms with Gasteiger partial charge in [-0.3, -0.25) is 4.98 Å². The van der Waals surface area contributed by atoms with Crippen LogP contribution in [0.3, 0.4) is 0 Å². The molecule has 2 N–H and O–H groups in total. The smallest absolute Gasteiger partial charge is 0.337 e. The molecule has 1 aromatic rings. The summed E-state index contributed by atoms with van der Waals surface area (Å²) in [5, 5.41) is 12.0. The molecule has 14 heavy (non-hydrogen) atoms. The number of hydrogen-bond acceptors (Lipinski definition) is 3. The fourth-order valence-electron chi connectivity index (χ4n) is 1.41. The van der Waals surface area contributed by atoms with Crippen LogP contribution in [-0.4, -0.2) is 29.1 Å². The van der Waals surface area contributed by atoms with Gasteiger partial charge >= 0.3 is 5.97 Å². The third-order valence-corrected chi connectivity index (χ3v) is 2.24. The van der Waals surface area contributed by atoms with Crippen LogP contribution in [0.5, 0.6) is 0 Å². The molecular weight excluding hydrogens is 335 g/mol. The number of rotatable bonds is 2. The van der Waals surface area contributed by atoms with Gasteiger partial charge in [0.2, 0.25) is 0 Å². The van der Waals surface area contributed by atoms with Crippen LogP contribution in [0.1, 0.15) is 22.0 Å². The monoisotopic (exact) mass is 344 g/mol. The van der Waals surface area contributed by atoms with E-state index in [9.17, 15) is 4.79 Å². The summed E-state index contributed by atoms with van der Waals surface area (Å²) in [6, 6.07) is 3.25. The molecule has 5 heteroatoms. The van der Waals surface area contributed by atoms with Crippen molar-refractivity contribution in [3.05, 3.63) is 29.6 Å². The van der Waals surface area contributed by atoms with Crippen LogP contribution < -0.4 is 5.32 Å². The van der Waals surface area contributed by atoms with Crippen LogP contribution in [0.2, 0.25) is 0 Å². The number of carboxylic acids is 1. The fraction of sp³-hybridized carbons (Fsp3) is 0.333. The zero-order valence-electron chi connectivity index (χ0n) is 7.31. The van der Waals surface area contributed by atoms with E-state index in [0.29, 0.717) is 11.3 Å². The molecule has 1 fully saturated rings. The van der Waals surface area contributed by atoms with E-state index in [2.05, 4.69) is 10.3 Å². The van der Waals surface area contributed by atoms with Crippen LogP contribution in [0, 0.1) is 37.3 Å². The Hall–Kier alpha value is -0.173. The molecular formula is C9H10ErN2O2. The van der Waals surface area contributed by atoms with Crippen molar-refractivity contribution in [2.24, 2.45) is 0 Å². The van der Waals surface area contributed by atoms with Crippen molar-refractivity contribution < 1.29 is 47.2 Å². The van der Waals surface area contributed by atoms with Gasteiger partial charge in [0.15, 0.2) is 0 Å². The van der Waals surface area contributed by atoms with Gasteiger partial charge in [-0.15, -0.1) is 0 Å². The maximum atomic E-state index is 10.8. The van der Waals surface area contributed by atoms with Gasteiger partial charge in [0.25, 0.3) is 0 Å². The Morgan fingerprint density at radius 1 is 1.57 bits per heavy atom. The number of carboxylic acid groups (broad SMARTS) is 1. The van der Waals surface area contributed by atoms with Crippen molar-refractivity contribution in [1.29, 1.82) is 0 Å². The summed E-state index contributed by atoms with van der Waals surface area (Å²) in [5.41, 5.74) is 1.03. The normalized spacial score (nSPS) is 15.4. The molecule has 1 saturated heterocycles. The van der Waals surface area contributed by atoms with Gasteiger partial charge in [-0.2, -0.15) is 0 Å². The molecule has 1 aliphatic rings. The molecule has 0 saturated carbocycles. The van der Waals surface area contributed by atoms with Gasteiger partial charge < -0.3 is 10.4 Å². The molecule has 80 valence electrons. The summed E-state index contributed by atoms with van der Waals surface area (Å²) in [4.78, 5) is 14.9. The molecule has 0 atom stereocenters. The molecule has 0 bridgehead atoms. The zero-order valence-corrected chi connectivity index (χ0v) is 9.17. The van der Waals surface area contributed by atoms with E-state index in [0.717, 1.165) is 13.1 Å². The number of hydrogen-bond donors (Lipinski definition) is 2. The fourth-order valence-corrected chi connectivity index (χ4v) is 1.41. The van der Waals surface area contributed by atoms with Gasteiger partial charge in [-0.25, -0.2) is 4.79 Å². The quantitative estimate of drug-likeness (QED) is 0.818. The minimum Gasteiger partial charge on any atom is -0.478 e. The van der Waals surface area contributed by atoms with Gasteiger partial charge in [0.1, 0.15) is 0 Å². The van der Waals surface area contributed by atoms with Crippen LogP contribution >= 0.6 is 0 Å². The maximum Gasteiger partial charge on any atom is 0.337 e. The predicted molar refractivity (Wildman–Crippen MR) is 46.8 cm³/mol. The summed E-state index contributed by atoms with van der Waals surface area (Å²) >= 11 is 0. The van der Waals surface area contributed by atoms with Crippen molar-refractivity contribution >= 4 is 5.97 Å². The van der Waals surface area contributed by atoms with Crippen LogP contribution in [0.4, 0.5) is 0 Å². The summed E-state index contributed by atoms with van der Waals surface area (Å²) in [7, 11) is 0. The number of pyridine rings is 1. The Labute approximate surface area is 111 Å². The van der Waals surface area contributed by atoms with Crippen LogP contribution in [-0.2, 0) is 0 Å². The third kappa shape index (κ3) is 2.25. The Balaban J connectivity index is 0.000000980. The molecule has 0 spiro atoms. The van der Waals surface area contributed by atoms with Crippen molar-refractivity contribution in [3.63, 3.8) is 0 Å². The molecule has 0 aromatic carbocycles. The average molecular weight is 345 g/mol. The zero-order chi connectivity index (χ0) is 9.26. The Morgan fingerprint density at radius 2 is 2.29 bits per heavy atom. The van der Waals surface area contributed by atoms with E-state index in [4.69, 9.17) is 5.11 Å². The second-order valence-electron chi connectivity index (χ2n) is 3.10. The first-order chi connectivity index (χ1) is 6.29. The molecule has 0 unspecified atom stereocenters. The first kappa shape index (κ1) is 11.9. The number of nitrogens with zero attached hydrogens (tertiary/aromatic N) is 1. The summed E-state index contributed by atoms with van der Waals surface area (Å²) < 4.78 is 0. The van der Waals surface area contributed by atoms with Gasteiger partial charge in [-0.1, -0.05) is 0 Å². The first-order valence-electron chi connectivity index (χ1n) is 4.18. The van der Waals surface area contributed by atoms with Gasteiger partial charge in [0, 0.05) is 62.5 Å².